The highest BCUT2D eigenvalue weighted by atomic mass is 15.1. The molecule has 0 atom stereocenters. The molecule has 6 heteroatoms. The van der Waals surface area contributed by atoms with Gasteiger partial charge in [-0.15, -0.1) is 0 Å². The number of rotatable bonds is 10. The van der Waals surface area contributed by atoms with Crippen LogP contribution in [0.2, 0.25) is 0 Å². The second-order valence-electron chi connectivity index (χ2n) is 10.6. The second kappa shape index (κ2) is 11.3. The van der Waals surface area contributed by atoms with E-state index in [0.29, 0.717) is 17.3 Å². The van der Waals surface area contributed by atoms with Crippen LogP contribution in [0.1, 0.15) is 48.8 Å². The van der Waals surface area contributed by atoms with Gasteiger partial charge in [-0.05, 0) is 86.5 Å². The van der Waals surface area contributed by atoms with E-state index in [4.69, 9.17) is 5.41 Å². The van der Waals surface area contributed by atoms with Gasteiger partial charge in [-0.3, -0.25) is 20.3 Å². The van der Waals surface area contributed by atoms with Crippen molar-refractivity contribution in [3.05, 3.63) is 96.4 Å². The van der Waals surface area contributed by atoms with Gasteiger partial charge in [-0.25, -0.2) is 0 Å². The molecule has 0 spiro atoms. The average molecular weight is 507 g/mol. The van der Waals surface area contributed by atoms with Crippen LogP contribution in [0.15, 0.2) is 79.7 Å². The molecule has 3 heterocycles. The van der Waals surface area contributed by atoms with Crippen molar-refractivity contribution in [3.63, 3.8) is 0 Å². The van der Waals surface area contributed by atoms with E-state index in [1.165, 1.54) is 37.7 Å². The third-order valence-corrected chi connectivity index (χ3v) is 7.72. The molecule has 1 aliphatic heterocycles. The molecule has 5 rings (SSSR count). The Labute approximate surface area is 226 Å². The summed E-state index contributed by atoms with van der Waals surface area (Å²) in [7, 11) is 2.04. The summed E-state index contributed by atoms with van der Waals surface area (Å²) in [4.78, 5) is 13.5. The molecule has 1 saturated carbocycles. The van der Waals surface area contributed by atoms with Gasteiger partial charge in [0.25, 0.3) is 0 Å². The van der Waals surface area contributed by atoms with E-state index in [9.17, 15) is 0 Å². The van der Waals surface area contributed by atoms with Crippen LogP contribution in [0.25, 0.3) is 11.1 Å². The minimum absolute atomic E-state index is 0.361. The number of aromatic nitrogens is 2. The number of aryl methyl sites for hydroxylation is 1. The molecular formula is C32H38N6. The maximum atomic E-state index is 9.00. The number of anilines is 2. The summed E-state index contributed by atoms with van der Waals surface area (Å²) in [6, 6.07) is 10.5. The van der Waals surface area contributed by atoms with Crippen LogP contribution in [-0.2, 0) is 6.54 Å². The standard InChI is InChI=1S/C32H38N6/c1-22-8-9-27(28-16-25(18-35-19-28)21-38-14-6-5-7-15-38)17-29(22)32(33)23(2)36-30-20-34-13-12-31(30)37(4)24(3)26-10-11-26/h8-9,12-13,16-20,26,33,36H,2-3,5-7,10-11,14-15,21H2,1,4H3. The molecule has 38 heavy (non-hydrogen) atoms. The minimum Gasteiger partial charge on any atom is -0.351 e. The van der Waals surface area contributed by atoms with E-state index >= 15 is 0 Å². The van der Waals surface area contributed by atoms with E-state index in [-0.39, 0.29) is 0 Å². The molecule has 0 amide bonds. The molecular weight excluding hydrogens is 468 g/mol. The minimum atomic E-state index is 0.361. The fourth-order valence-corrected chi connectivity index (χ4v) is 5.19. The first-order valence-electron chi connectivity index (χ1n) is 13.6. The number of benzene rings is 1. The quantitative estimate of drug-likeness (QED) is 0.296. The normalized spacial score (nSPS) is 15.6. The maximum Gasteiger partial charge on any atom is 0.0843 e. The van der Waals surface area contributed by atoms with Crippen LogP contribution < -0.4 is 10.2 Å². The molecule has 0 radical (unpaired) electrons. The summed E-state index contributed by atoms with van der Waals surface area (Å²) in [6.07, 6.45) is 13.7. The topological polar surface area (TPSA) is 68.1 Å². The molecule has 1 saturated heterocycles. The first-order chi connectivity index (χ1) is 18.4. The molecule has 1 aliphatic carbocycles. The predicted octanol–water partition coefficient (Wildman–Crippen LogP) is 6.79. The van der Waals surface area contributed by atoms with Crippen LogP contribution in [-0.4, -0.2) is 40.7 Å². The van der Waals surface area contributed by atoms with Crippen molar-refractivity contribution in [2.45, 2.75) is 45.6 Å². The predicted molar refractivity (Wildman–Crippen MR) is 158 cm³/mol. The number of hydrogen-bond acceptors (Lipinski definition) is 6. The van der Waals surface area contributed by atoms with Gasteiger partial charge in [0.1, 0.15) is 0 Å². The van der Waals surface area contributed by atoms with Crippen LogP contribution in [0, 0.1) is 18.3 Å². The molecule has 2 aliphatic rings. The molecule has 2 aromatic heterocycles. The lowest BCUT2D eigenvalue weighted by atomic mass is 9.96. The molecule has 3 aromatic rings. The van der Waals surface area contributed by atoms with E-state index in [0.717, 1.165) is 59.0 Å². The third kappa shape index (κ3) is 5.86. The SMILES string of the molecule is C=C(Nc1cnccc1N(C)C(=C)C1CC1)C(=N)c1cc(-c2cncc(CN3CCCCC3)c2)ccc1C. The van der Waals surface area contributed by atoms with Crippen LogP contribution in [0.5, 0.6) is 0 Å². The number of piperidine rings is 1. The van der Waals surface area contributed by atoms with Crippen molar-refractivity contribution in [2.75, 3.05) is 30.4 Å². The van der Waals surface area contributed by atoms with E-state index < -0.39 is 0 Å². The first kappa shape index (κ1) is 25.9. The molecule has 2 N–H and O–H groups in total. The zero-order chi connectivity index (χ0) is 26.6. The summed E-state index contributed by atoms with van der Waals surface area (Å²) in [5.41, 5.74) is 9.03. The summed E-state index contributed by atoms with van der Waals surface area (Å²) in [5, 5.41) is 12.4. The fourth-order valence-electron chi connectivity index (χ4n) is 5.19. The van der Waals surface area contributed by atoms with Crippen molar-refractivity contribution in [1.29, 1.82) is 5.41 Å². The summed E-state index contributed by atoms with van der Waals surface area (Å²) in [5.74, 6) is 0.556. The van der Waals surface area contributed by atoms with Crippen molar-refractivity contribution >= 4 is 17.1 Å². The molecule has 196 valence electrons. The number of pyridine rings is 2. The molecule has 0 bridgehead atoms. The van der Waals surface area contributed by atoms with Crippen molar-refractivity contribution in [2.24, 2.45) is 5.92 Å². The largest absolute Gasteiger partial charge is 0.351 e. The third-order valence-electron chi connectivity index (χ3n) is 7.72. The van der Waals surface area contributed by atoms with Crippen LogP contribution >= 0.6 is 0 Å². The lowest BCUT2D eigenvalue weighted by Gasteiger charge is -2.26. The molecule has 6 nitrogen and oxygen atoms in total. The van der Waals surface area contributed by atoms with Crippen LogP contribution in [0.4, 0.5) is 11.4 Å². The van der Waals surface area contributed by atoms with E-state index in [1.807, 2.05) is 32.4 Å². The van der Waals surface area contributed by atoms with Gasteiger partial charge < -0.3 is 10.2 Å². The highest BCUT2D eigenvalue weighted by Crippen LogP contribution is 2.40. The zero-order valence-electron chi connectivity index (χ0n) is 22.6. The van der Waals surface area contributed by atoms with Crippen molar-refractivity contribution in [3.8, 4) is 11.1 Å². The van der Waals surface area contributed by atoms with Gasteiger partial charge in [0, 0.05) is 49.0 Å². The number of allylic oxidation sites excluding steroid dienone is 2. The fraction of sp³-hybridized carbons (Fsp3) is 0.344. The maximum absolute atomic E-state index is 9.00. The smallest absolute Gasteiger partial charge is 0.0843 e. The molecule has 0 unspecified atom stereocenters. The number of nitrogens with one attached hydrogen (secondary N) is 2. The zero-order valence-corrected chi connectivity index (χ0v) is 22.6. The number of hydrogen-bond donors (Lipinski definition) is 2. The summed E-state index contributed by atoms with van der Waals surface area (Å²) in [6.45, 7) is 13.8. The lowest BCUT2D eigenvalue weighted by molar-refractivity contribution is 0.220. The monoisotopic (exact) mass is 506 g/mol. The highest BCUT2D eigenvalue weighted by molar-refractivity contribution is 6.13. The Morgan fingerprint density at radius 3 is 2.58 bits per heavy atom. The Morgan fingerprint density at radius 1 is 1.03 bits per heavy atom. The van der Waals surface area contributed by atoms with Gasteiger partial charge in [-0.1, -0.05) is 31.7 Å². The highest BCUT2D eigenvalue weighted by Gasteiger charge is 2.28. The Morgan fingerprint density at radius 2 is 1.82 bits per heavy atom. The first-order valence-corrected chi connectivity index (χ1v) is 13.6. The Hall–Kier alpha value is -3.77. The van der Waals surface area contributed by atoms with Crippen molar-refractivity contribution in [1.82, 2.24) is 14.9 Å². The van der Waals surface area contributed by atoms with E-state index in [2.05, 4.69) is 62.5 Å². The number of likely N-dealkylation sites (tertiary alicyclic amines) is 1. The van der Waals surface area contributed by atoms with Crippen molar-refractivity contribution < 1.29 is 0 Å². The number of nitrogens with zero attached hydrogens (tertiary/aromatic N) is 4. The molecule has 2 fully saturated rings. The summed E-state index contributed by atoms with van der Waals surface area (Å²) < 4.78 is 0. The summed E-state index contributed by atoms with van der Waals surface area (Å²) >= 11 is 0. The van der Waals surface area contributed by atoms with E-state index in [1.54, 1.807) is 12.4 Å². The average Bonchev–Trinajstić information content (AvgIpc) is 3.79. The van der Waals surface area contributed by atoms with Gasteiger partial charge in [0.15, 0.2) is 0 Å². The Bertz CT molecular complexity index is 1350. The van der Waals surface area contributed by atoms with Gasteiger partial charge in [0.05, 0.1) is 29.0 Å². The van der Waals surface area contributed by atoms with Gasteiger partial charge in [-0.2, -0.15) is 0 Å². The molecule has 1 aromatic carbocycles. The van der Waals surface area contributed by atoms with Gasteiger partial charge in [0.2, 0.25) is 0 Å². The van der Waals surface area contributed by atoms with Crippen LogP contribution in [0.3, 0.4) is 0 Å². The Balaban J connectivity index is 1.34. The second-order valence-corrected chi connectivity index (χ2v) is 10.6. The Kier molecular flexibility index (Phi) is 7.70. The lowest BCUT2D eigenvalue weighted by Crippen LogP contribution is -2.29. The van der Waals surface area contributed by atoms with Gasteiger partial charge >= 0.3 is 0 Å².